The van der Waals surface area contributed by atoms with Crippen LogP contribution < -0.4 is 5.32 Å². The zero-order chi connectivity index (χ0) is 18.6. The van der Waals surface area contributed by atoms with Crippen LogP contribution in [0.3, 0.4) is 0 Å². The Labute approximate surface area is 156 Å². The van der Waals surface area contributed by atoms with Crippen molar-refractivity contribution in [1.29, 1.82) is 0 Å². The summed E-state index contributed by atoms with van der Waals surface area (Å²) in [5.41, 5.74) is 2.23. The van der Waals surface area contributed by atoms with Crippen LogP contribution in [-0.2, 0) is 0 Å². The van der Waals surface area contributed by atoms with Gasteiger partial charge in [0.2, 0.25) is 0 Å². The molecule has 2 heterocycles. The van der Waals surface area contributed by atoms with E-state index in [9.17, 15) is 9.59 Å². The number of benzene rings is 2. The van der Waals surface area contributed by atoms with E-state index >= 15 is 0 Å². The maximum absolute atomic E-state index is 12.4. The first-order chi connectivity index (χ1) is 13.2. The summed E-state index contributed by atoms with van der Waals surface area (Å²) in [4.78, 5) is 28.0. The Bertz CT molecular complexity index is 944. The lowest BCUT2D eigenvalue weighted by atomic mass is 10.2. The molecular formula is C20H19N5O2. The molecule has 1 saturated heterocycles. The number of para-hydroxylation sites is 1. The molecule has 7 nitrogen and oxygen atoms in total. The summed E-state index contributed by atoms with van der Waals surface area (Å²) in [5, 5.41) is 11.1. The number of anilines is 1. The highest BCUT2D eigenvalue weighted by Gasteiger charge is 2.19. The summed E-state index contributed by atoms with van der Waals surface area (Å²) >= 11 is 0. The fourth-order valence-corrected chi connectivity index (χ4v) is 3.05. The smallest absolute Gasteiger partial charge is 0.277 e. The number of likely N-dealkylation sites (tertiary alicyclic amines) is 1. The topological polar surface area (TPSA) is 80.1 Å². The number of carbonyl (C=O) groups is 2. The summed E-state index contributed by atoms with van der Waals surface area (Å²) in [6.45, 7) is 1.63. The van der Waals surface area contributed by atoms with Gasteiger partial charge in [0, 0.05) is 24.3 Å². The highest BCUT2D eigenvalue weighted by molar-refractivity contribution is 6.03. The number of hydrogen-bond acceptors (Lipinski definition) is 4. The first-order valence-electron chi connectivity index (χ1n) is 8.89. The van der Waals surface area contributed by atoms with Crippen molar-refractivity contribution in [2.45, 2.75) is 12.8 Å². The Morgan fingerprint density at radius 3 is 2.33 bits per heavy atom. The molecule has 0 unspecified atom stereocenters. The van der Waals surface area contributed by atoms with Crippen molar-refractivity contribution in [3.8, 4) is 5.69 Å². The van der Waals surface area contributed by atoms with Crippen LogP contribution in [0.5, 0.6) is 0 Å². The number of rotatable bonds is 4. The van der Waals surface area contributed by atoms with Crippen LogP contribution in [0.2, 0.25) is 0 Å². The third-order valence-electron chi connectivity index (χ3n) is 4.49. The van der Waals surface area contributed by atoms with E-state index < -0.39 is 0 Å². The standard InChI is InChI=1S/C20H19N5O2/c26-19(18-14-21-25(23-18)17-6-2-1-3-7-17)22-16-10-8-15(9-11-16)20(27)24-12-4-5-13-24/h1-3,6-11,14H,4-5,12-13H2,(H,22,26). The van der Waals surface area contributed by atoms with E-state index in [1.165, 1.54) is 11.0 Å². The molecule has 7 heteroatoms. The number of carbonyl (C=O) groups excluding carboxylic acids is 2. The van der Waals surface area contributed by atoms with Crippen LogP contribution in [0.1, 0.15) is 33.7 Å². The number of nitrogens with zero attached hydrogens (tertiary/aromatic N) is 4. The van der Waals surface area contributed by atoms with Crippen molar-refractivity contribution in [1.82, 2.24) is 19.9 Å². The predicted octanol–water partition coefficient (Wildman–Crippen LogP) is 2.76. The molecule has 1 aliphatic heterocycles. The van der Waals surface area contributed by atoms with E-state index in [-0.39, 0.29) is 17.5 Å². The van der Waals surface area contributed by atoms with Crippen LogP contribution in [0.25, 0.3) is 5.69 Å². The van der Waals surface area contributed by atoms with Gasteiger partial charge in [0.1, 0.15) is 0 Å². The average Bonchev–Trinajstić information content (AvgIpc) is 3.41. The zero-order valence-electron chi connectivity index (χ0n) is 14.7. The first kappa shape index (κ1) is 17.0. The largest absolute Gasteiger partial charge is 0.339 e. The summed E-state index contributed by atoms with van der Waals surface area (Å²) in [6, 6.07) is 16.3. The molecule has 2 aromatic carbocycles. The first-order valence-corrected chi connectivity index (χ1v) is 8.89. The van der Waals surface area contributed by atoms with Crippen LogP contribution in [0, 0.1) is 0 Å². The summed E-state index contributed by atoms with van der Waals surface area (Å²) in [6.07, 6.45) is 3.54. The van der Waals surface area contributed by atoms with Gasteiger partial charge in [-0.2, -0.15) is 9.90 Å². The molecule has 0 saturated carbocycles. The van der Waals surface area contributed by atoms with Gasteiger partial charge in [-0.15, -0.1) is 5.10 Å². The van der Waals surface area contributed by atoms with Crippen LogP contribution in [-0.4, -0.2) is 44.8 Å². The van der Waals surface area contributed by atoms with E-state index in [0.29, 0.717) is 11.3 Å². The van der Waals surface area contributed by atoms with Gasteiger partial charge in [0.25, 0.3) is 11.8 Å². The third kappa shape index (κ3) is 3.72. The average molecular weight is 361 g/mol. The molecule has 3 aromatic rings. The van der Waals surface area contributed by atoms with Crippen LogP contribution in [0.15, 0.2) is 60.8 Å². The lowest BCUT2D eigenvalue weighted by molar-refractivity contribution is 0.0792. The normalized spacial score (nSPS) is 13.6. The zero-order valence-corrected chi connectivity index (χ0v) is 14.7. The molecule has 27 heavy (non-hydrogen) atoms. The summed E-state index contributed by atoms with van der Waals surface area (Å²) in [7, 11) is 0. The van der Waals surface area contributed by atoms with Crippen LogP contribution in [0.4, 0.5) is 5.69 Å². The van der Waals surface area contributed by atoms with Crippen molar-refractivity contribution in [3.63, 3.8) is 0 Å². The van der Waals surface area contributed by atoms with Crippen molar-refractivity contribution >= 4 is 17.5 Å². The Hall–Kier alpha value is -3.48. The van der Waals surface area contributed by atoms with Crippen molar-refractivity contribution in [3.05, 3.63) is 72.1 Å². The molecule has 1 fully saturated rings. The fourth-order valence-electron chi connectivity index (χ4n) is 3.05. The minimum atomic E-state index is -0.351. The van der Waals surface area contributed by atoms with Gasteiger partial charge in [0.05, 0.1) is 11.9 Å². The van der Waals surface area contributed by atoms with Gasteiger partial charge in [-0.25, -0.2) is 0 Å². The second kappa shape index (κ2) is 7.41. The number of aromatic nitrogens is 3. The lowest BCUT2D eigenvalue weighted by Gasteiger charge is -2.15. The van der Waals surface area contributed by atoms with E-state index in [4.69, 9.17) is 0 Å². The maximum Gasteiger partial charge on any atom is 0.277 e. The molecule has 136 valence electrons. The van der Waals surface area contributed by atoms with Gasteiger partial charge in [-0.05, 0) is 49.2 Å². The molecule has 4 rings (SSSR count). The third-order valence-corrected chi connectivity index (χ3v) is 4.49. The van der Waals surface area contributed by atoms with Crippen molar-refractivity contribution < 1.29 is 9.59 Å². The number of hydrogen-bond donors (Lipinski definition) is 1. The Balaban J connectivity index is 1.42. The lowest BCUT2D eigenvalue weighted by Crippen LogP contribution is -2.27. The maximum atomic E-state index is 12.4. The van der Waals surface area contributed by atoms with Gasteiger partial charge in [0.15, 0.2) is 5.69 Å². The molecule has 0 radical (unpaired) electrons. The molecule has 1 N–H and O–H groups in total. The molecule has 1 aliphatic rings. The van der Waals surface area contributed by atoms with Gasteiger partial charge < -0.3 is 10.2 Å². The quantitative estimate of drug-likeness (QED) is 0.775. The van der Waals surface area contributed by atoms with Gasteiger partial charge in [-0.1, -0.05) is 18.2 Å². The van der Waals surface area contributed by atoms with Crippen LogP contribution >= 0.6 is 0 Å². The van der Waals surface area contributed by atoms with E-state index in [0.717, 1.165) is 31.6 Å². The Morgan fingerprint density at radius 1 is 0.926 bits per heavy atom. The van der Waals surface area contributed by atoms with E-state index in [1.54, 1.807) is 24.3 Å². The molecule has 2 amide bonds. The molecule has 0 atom stereocenters. The SMILES string of the molecule is O=C(Nc1ccc(C(=O)N2CCCC2)cc1)c1cnn(-c2ccccc2)n1. The van der Waals surface area contributed by atoms with E-state index in [1.807, 2.05) is 35.2 Å². The second-order valence-electron chi connectivity index (χ2n) is 6.39. The molecule has 1 aromatic heterocycles. The minimum absolute atomic E-state index is 0.0381. The monoisotopic (exact) mass is 361 g/mol. The molecular weight excluding hydrogens is 342 g/mol. The van der Waals surface area contributed by atoms with Crippen molar-refractivity contribution in [2.24, 2.45) is 0 Å². The number of nitrogens with one attached hydrogen (secondary N) is 1. The highest BCUT2D eigenvalue weighted by Crippen LogP contribution is 2.16. The molecule has 0 aliphatic carbocycles. The molecule has 0 spiro atoms. The Kier molecular flexibility index (Phi) is 4.65. The van der Waals surface area contributed by atoms with Gasteiger partial charge in [-0.3, -0.25) is 9.59 Å². The fraction of sp³-hybridized carbons (Fsp3) is 0.200. The number of amides is 2. The second-order valence-corrected chi connectivity index (χ2v) is 6.39. The predicted molar refractivity (Wildman–Crippen MR) is 101 cm³/mol. The highest BCUT2D eigenvalue weighted by atomic mass is 16.2. The minimum Gasteiger partial charge on any atom is -0.339 e. The van der Waals surface area contributed by atoms with E-state index in [2.05, 4.69) is 15.5 Å². The van der Waals surface area contributed by atoms with Crippen molar-refractivity contribution in [2.75, 3.05) is 18.4 Å². The molecule has 0 bridgehead atoms. The van der Waals surface area contributed by atoms with Gasteiger partial charge >= 0.3 is 0 Å². The Morgan fingerprint density at radius 2 is 1.63 bits per heavy atom. The summed E-state index contributed by atoms with van der Waals surface area (Å²) in [5.74, 6) is -0.313. The summed E-state index contributed by atoms with van der Waals surface area (Å²) < 4.78 is 0.